The van der Waals surface area contributed by atoms with Crippen molar-refractivity contribution >= 4 is 23.2 Å². The van der Waals surface area contributed by atoms with E-state index < -0.39 is 6.04 Å². The van der Waals surface area contributed by atoms with Crippen molar-refractivity contribution < 1.29 is 23.8 Å². The van der Waals surface area contributed by atoms with Gasteiger partial charge in [-0.3, -0.25) is 9.59 Å². The summed E-state index contributed by atoms with van der Waals surface area (Å²) in [5.74, 6) is 0.783. The molecule has 0 spiro atoms. The maximum absolute atomic E-state index is 13.0. The maximum atomic E-state index is 13.0. The van der Waals surface area contributed by atoms with Crippen LogP contribution in [0.4, 0.5) is 0 Å². The molecule has 1 amide bonds. The smallest absolute Gasteiger partial charge is 0.307 e. The van der Waals surface area contributed by atoms with Gasteiger partial charge in [-0.1, -0.05) is 0 Å². The van der Waals surface area contributed by atoms with Crippen molar-refractivity contribution in [2.45, 2.75) is 32.2 Å². The number of ether oxygens (including phenoxy) is 3. The molecule has 0 aliphatic carbocycles. The molecule has 1 aromatic heterocycles. The first-order valence-electron chi connectivity index (χ1n) is 8.98. The van der Waals surface area contributed by atoms with Gasteiger partial charge in [-0.25, -0.2) is 4.98 Å². The van der Waals surface area contributed by atoms with Gasteiger partial charge in [0.2, 0.25) is 5.91 Å². The van der Waals surface area contributed by atoms with Crippen LogP contribution in [0.15, 0.2) is 17.5 Å². The first-order chi connectivity index (χ1) is 13.5. The monoisotopic (exact) mass is 404 g/mol. The number of methoxy groups -OCH3 is 3. The Kier molecular flexibility index (Phi) is 6.18. The van der Waals surface area contributed by atoms with E-state index in [1.54, 1.807) is 19.1 Å². The summed E-state index contributed by atoms with van der Waals surface area (Å²) in [7, 11) is 4.51. The van der Waals surface area contributed by atoms with Crippen molar-refractivity contribution in [1.82, 2.24) is 9.88 Å². The van der Waals surface area contributed by atoms with E-state index in [1.165, 1.54) is 18.4 Å². The molecule has 2 heterocycles. The third-order valence-corrected chi connectivity index (χ3v) is 5.73. The lowest BCUT2D eigenvalue weighted by Crippen LogP contribution is -2.42. The number of aromatic nitrogens is 1. The number of thiazole rings is 1. The van der Waals surface area contributed by atoms with Gasteiger partial charge in [-0.2, -0.15) is 0 Å². The van der Waals surface area contributed by atoms with Gasteiger partial charge < -0.3 is 19.1 Å². The van der Waals surface area contributed by atoms with Crippen LogP contribution in [0.5, 0.6) is 11.5 Å². The van der Waals surface area contributed by atoms with E-state index in [2.05, 4.69) is 4.98 Å². The number of hydrogen-bond acceptors (Lipinski definition) is 7. The Bertz CT molecular complexity index is 879. The average molecular weight is 404 g/mol. The third kappa shape index (κ3) is 4.11. The summed E-state index contributed by atoms with van der Waals surface area (Å²) in [6.07, 6.45) is 0.973. The van der Waals surface area contributed by atoms with E-state index in [1.807, 2.05) is 24.4 Å². The molecule has 28 heavy (non-hydrogen) atoms. The van der Waals surface area contributed by atoms with Gasteiger partial charge in [0.05, 0.1) is 50.9 Å². The number of hydrogen-bond donors (Lipinski definition) is 0. The van der Waals surface area contributed by atoms with Crippen molar-refractivity contribution in [1.29, 1.82) is 0 Å². The molecular weight excluding hydrogens is 380 g/mol. The van der Waals surface area contributed by atoms with Crippen molar-refractivity contribution in [2.75, 3.05) is 27.9 Å². The average Bonchev–Trinajstić information content (AvgIpc) is 3.11. The van der Waals surface area contributed by atoms with Gasteiger partial charge in [0.15, 0.2) is 11.5 Å². The van der Waals surface area contributed by atoms with Crippen LogP contribution >= 0.6 is 11.3 Å². The van der Waals surface area contributed by atoms with Crippen LogP contribution < -0.4 is 9.47 Å². The summed E-state index contributed by atoms with van der Waals surface area (Å²) in [6, 6.07) is 3.36. The highest BCUT2D eigenvalue weighted by Crippen LogP contribution is 2.39. The van der Waals surface area contributed by atoms with Gasteiger partial charge in [-0.05, 0) is 36.6 Å². The van der Waals surface area contributed by atoms with Crippen LogP contribution in [0.3, 0.4) is 0 Å². The molecule has 1 aromatic carbocycles. The van der Waals surface area contributed by atoms with E-state index in [0.29, 0.717) is 24.5 Å². The molecular formula is C20H24N2O5S. The molecule has 0 bridgehead atoms. The summed E-state index contributed by atoms with van der Waals surface area (Å²) >= 11 is 1.52. The Morgan fingerprint density at radius 1 is 1.21 bits per heavy atom. The summed E-state index contributed by atoms with van der Waals surface area (Å²) in [5.41, 5.74) is 2.68. The second kappa shape index (κ2) is 8.60. The topological polar surface area (TPSA) is 78.0 Å². The molecule has 0 saturated carbocycles. The first kappa shape index (κ1) is 20.1. The molecule has 7 nitrogen and oxygen atoms in total. The summed E-state index contributed by atoms with van der Waals surface area (Å²) in [5, 5.41) is 2.82. The van der Waals surface area contributed by atoms with Gasteiger partial charge >= 0.3 is 5.97 Å². The Balaban J connectivity index is 1.94. The van der Waals surface area contributed by atoms with E-state index >= 15 is 0 Å². The molecule has 3 rings (SSSR count). The minimum atomic E-state index is -0.414. The SMILES string of the molecule is COC(=O)CC1c2cc(OC)c(OC)cc2CCN1C(=O)Cc1csc(C)n1. The number of rotatable bonds is 6. The first-order valence-corrected chi connectivity index (χ1v) is 9.86. The lowest BCUT2D eigenvalue weighted by Gasteiger charge is -2.37. The van der Waals surface area contributed by atoms with Crippen LogP contribution in [0.25, 0.3) is 0 Å². The van der Waals surface area contributed by atoms with E-state index in [4.69, 9.17) is 14.2 Å². The Morgan fingerprint density at radius 2 is 1.93 bits per heavy atom. The highest BCUT2D eigenvalue weighted by molar-refractivity contribution is 7.09. The molecule has 0 N–H and O–H groups in total. The van der Waals surface area contributed by atoms with Crippen molar-refractivity contribution in [3.05, 3.63) is 39.3 Å². The number of carbonyl (C=O) groups is 2. The van der Waals surface area contributed by atoms with Crippen molar-refractivity contribution in [2.24, 2.45) is 0 Å². The fraction of sp³-hybridized carbons (Fsp3) is 0.450. The number of aryl methyl sites for hydroxylation is 1. The minimum absolute atomic E-state index is 0.0559. The zero-order valence-corrected chi connectivity index (χ0v) is 17.3. The molecule has 1 atom stereocenters. The number of benzene rings is 1. The molecule has 0 radical (unpaired) electrons. The summed E-state index contributed by atoms with van der Waals surface area (Å²) in [4.78, 5) is 31.2. The standard InChI is InChI=1S/C20H24N2O5S/c1-12-21-14(11-28-12)8-19(23)22-6-5-13-7-17(25-2)18(26-3)9-15(13)16(22)10-20(24)27-4/h7,9,11,16H,5-6,8,10H2,1-4H3. The highest BCUT2D eigenvalue weighted by atomic mass is 32.1. The van der Waals surface area contributed by atoms with Gasteiger partial charge in [0.1, 0.15) is 0 Å². The lowest BCUT2D eigenvalue weighted by atomic mass is 9.89. The lowest BCUT2D eigenvalue weighted by molar-refractivity contribution is -0.144. The zero-order valence-electron chi connectivity index (χ0n) is 16.5. The van der Waals surface area contributed by atoms with Gasteiger partial charge in [-0.15, -0.1) is 11.3 Å². The third-order valence-electron chi connectivity index (χ3n) is 4.91. The van der Waals surface area contributed by atoms with Gasteiger partial charge in [0.25, 0.3) is 0 Å². The Morgan fingerprint density at radius 3 is 2.54 bits per heavy atom. The summed E-state index contributed by atoms with van der Waals surface area (Å²) in [6.45, 7) is 2.43. The largest absolute Gasteiger partial charge is 0.493 e. The van der Waals surface area contributed by atoms with Crippen molar-refractivity contribution in [3.63, 3.8) is 0 Å². The fourth-order valence-corrected chi connectivity index (χ4v) is 4.15. The zero-order chi connectivity index (χ0) is 20.3. The molecule has 8 heteroatoms. The van der Waals surface area contributed by atoms with Crippen molar-refractivity contribution in [3.8, 4) is 11.5 Å². The quantitative estimate of drug-likeness (QED) is 0.689. The molecule has 0 saturated heterocycles. The van der Waals surface area contributed by atoms with E-state index in [-0.39, 0.29) is 24.7 Å². The second-order valence-corrected chi connectivity index (χ2v) is 7.64. The summed E-state index contributed by atoms with van der Waals surface area (Å²) < 4.78 is 15.7. The fourth-order valence-electron chi connectivity index (χ4n) is 3.53. The van der Waals surface area contributed by atoms with Crippen LogP contribution in [0.1, 0.15) is 34.3 Å². The molecule has 0 fully saturated rings. The van der Waals surface area contributed by atoms with E-state index in [0.717, 1.165) is 21.8 Å². The van der Waals surface area contributed by atoms with Crippen LogP contribution in [-0.4, -0.2) is 49.6 Å². The highest BCUT2D eigenvalue weighted by Gasteiger charge is 2.34. The Labute approximate surface area is 168 Å². The molecule has 150 valence electrons. The Hall–Kier alpha value is -2.61. The number of carbonyl (C=O) groups excluding carboxylic acids is 2. The predicted octanol–water partition coefficient (Wildman–Crippen LogP) is 2.70. The minimum Gasteiger partial charge on any atom is -0.493 e. The number of nitrogens with zero attached hydrogens (tertiary/aromatic N) is 2. The molecule has 2 aromatic rings. The maximum Gasteiger partial charge on any atom is 0.307 e. The molecule has 1 unspecified atom stereocenters. The van der Waals surface area contributed by atoms with Crippen LogP contribution in [0.2, 0.25) is 0 Å². The van der Waals surface area contributed by atoms with E-state index in [9.17, 15) is 9.59 Å². The normalized spacial score (nSPS) is 15.7. The molecule has 1 aliphatic heterocycles. The second-order valence-electron chi connectivity index (χ2n) is 6.57. The number of esters is 1. The van der Waals surface area contributed by atoms with Crippen LogP contribution in [-0.2, 0) is 27.2 Å². The predicted molar refractivity (Wildman–Crippen MR) is 105 cm³/mol. The van der Waals surface area contributed by atoms with Crippen LogP contribution in [0, 0.1) is 6.92 Å². The number of fused-ring (bicyclic) bond motifs is 1. The van der Waals surface area contributed by atoms with Gasteiger partial charge in [0, 0.05) is 11.9 Å². The number of amides is 1. The molecule has 1 aliphatic rings.